The highest BCUT2D eigenvalue weighted by Crippen LogP contribution is 2.27. The van der Waals surface area contributed by atoms with Crippen molar-refractivity contribution in [1.82, 2.24) is 15.2 Å². The highest BCUT2D eigenvalue weighted by molar-refractivity contribution is 7.91. The second-order valence-corrected chi connectivity index (χ2v) is 7.32. The maximum absolute atomic E-state index is 12.2. The van der Waals surface area contributed by atoms with Crippen LogP contribution in [0.1, 0.15) is 35.6 Å². The molecule has 98 valence electrons. The molecule has 0 unspecified atom stereocenters. The number of aryl methyl sites for hydroxylation is 1. The molecule has 0 bridgehead atoms. The third-order valence-corrected chi connectivity index (χ3v) is 5.93. The smallest absolute Gasteiger partial charge is 0.165 e. The standard InChI is InChI=1S/C11H15N3O2S2/c1-3-10-12-11(14-13-10)7-18(15,16)8(2)9-5-4-6-17-9/h4-6,8H,3,7H2,1-2H3,(H,12,13,14)/t8-/m1/s1. The Morgan fingerprint density at radius 2 is 2.28 bits per heavy atom. The minimum atomic E-state index is -3.25. The van der Waals surface area contributed by atoms with Crippen molar-refractivity contribution in [2.75, 3.05) is 0 Å². The van der Waals surface area contributed by atoms with Crippen LogP contribution in [0.25, 0.3) is 0 Å². The van der Waals surface area contributed by atoms with Crippen LogP contribution in [0.5, 0.6) is 0 Å². The van der Waals surface area contributed by atoms with Gasteiger partial charge in [0.15, 0.2) is 9.84 Å². The summed E-state index contributed by atoms with van der Waals surface area (Å²) in [6.07, 6.45) is 0.691. The van der Waals surface area contributed by atoms with E-state index in [0.29, 0.717) is 18.1 Å². The lowest BCUT2D eigenvalue weighted by Crippen LogP contribution is -2.12. The van der Waals surface area contributed by atoms with Crippen molar-refractivity contribution >= 4 is 21.2 Å². The van der Waals surface area contributed by atoms with Gasteiger partial charge >= 0.3 is 0 Å². The molecule has 0 radical (unpaired) electrons. The summed E-state index contributed by atoms with van der Waals surface area (Å²) < 4.78 is 24.4. The molecule has 18 heavy (non-hydrogen) atoms. The predicted molar refractivity (Wildman–Crippen MR) is 71.1 cm³/mol. The molecule has 5 nitrogen and oxygen atoms in total. The van der Waals surface area contributed by atoms with Gasteiger partial charge in [0, 0.05) is 11.3 Å². The topological polar surface area (TPSA) is 75.7 Å². The second-order valence-electron chi connectivity index (χ2n) is 4.02. The van der Waals surface area contributed by atoms with Crippen molar-refractivity contribution in [3.05, 3.63) is 34.0 Å². The number of nitrogens with one attached hydrogen (secondary N) is 1. The SMILES string of the molecule is CCc1n[nH]c(CS(=O)(=O)[C@H](C)c2cccs2)n1. The Bertz CT molecular complexity index is 602. The third kappa shape index (κ3) is 2.78. The van der Waals surface area contributed by atoms with E-state index in [2.05, 4.69) is 15.2 Å². The fourth-order valence-electron chi connectivity index (χ4n) is 1.57. The summed E-state index contributed by atoms with van der Waals surface area (Å²) in [7, 11) is -3.25. The van der Waals surface area contributed by atoms with E-state index in [1.54, 1.807) is 6.92 Å². The fourth-order valence-corrected chi connectivity index (χ4v) is 4.03. The fraction of sp³-hybridized carbons (Fsp3) is 0.455. The monoisotopic (exact) mass is 285 g/mol. The van der Waals surface area contributed by atoms with Crippen LogP contribution in [0.2, 0.25) is 0 Å². The molecule has 0 saturated carbocycles. The van der Waals surface area contributed by atoms with E-state index in [1.807, 2.05) is 24.4 Å². The zero-order chi connectivity index (χ0) is 13.2. The van der Waals surface area contributed by atoms with Crippen LogP contribution in [-0.4, -0.2) is 23.6 Å². The summed E-state index contributed by atoms with van der Waals surface area (Å²) in [6, 6.07) is 3.69. The van der Waals surface area contributed by atoms with Gasteiger partial charge in [0.2, 0.25) is 0 Å². The molecule has 0 aliphatic carbocycles. The van der Waals surface area contributed by atoms with Crippen molar-refractivity contribution in [1.29, 1.82) is 0 Å². The molecule has 2 heterocycles. The Morgan fingerprint density at radius 3 is 2.83 bits per heavy atom. The molecule has 0 aliphatic heterocycles. The molecule has 0 aliphatic rings. The molecule has 2 rings (SSSR count). The highest BCUT2D eigenvalue weighted by atomic mass is 32.2. The van der Waals surface area contributed by atoms with E-state index >= 15 is 0 Å². The van der Waals surface area contributed by atoms with Gasteiger partial charge in [-0.2, -0.15) is 5.10 Å². The number of sulfone groups is 1. The third-order valence-electron chi connectivity index (χ3n) is 2.71. The van der Waals surface area contributed by atoms with Gasteiger partial charge < -0.3 is 0 Å². The number of H-pyrrole nitrogens is 1. The molecule has 0 aromatic carbocycles. The molecular weight excluding hydrogens is 270 g/mol. The zero-order valence-electron chi connectivity index (χ0n) is 10.3. The molecule has 0 spiro atoms. The molecule has 7 heteroatoms. The molecule has 2 aromatic heterocycles. The Hall–Kier alpha value is -1.21. The van der Waals surface area contributed by atoms with Crippen LogP contribution in [0.3, 0.4) is 0 Å². The second kappa shape index (κ2) is 5.19. The summed E-state index contributed by atoms with van der Waals surface area (Å²) in [6.45, 7) is 3.63. The lowest BCUT2D eigenvalue weighted by Gasteiger charge is -2.09. The highest BCUT2D eigenvalue weighted by Gasteiger charge is 2.25. The Morgan fingerprint density at radius 1 is 1.50 bits per heavy atom. The summed E-state index contributed by atoms with van der Waals surface area (Å²) >= 11 is 1.45. The summed E-state index contributed by atoms with van der Waals surface area (Å²) in [5, 5.41) is 7.99. The largest absolute Gasteiger partial charge is 0.262 e. The van der Waals surface area contributed by atoms with Gasteiger partial charge in [0.05, 0.1) is 5.25 Å². The molecule has 0 saturated heterocycles. The number of rotatable bonds is 5. The molecule has 2 aromatic rings. The van der Waals surface area contributed by atoms with Crippen LogP contribution < -0.4 is 0 Å². The average Bonchev–Trinajstić information content (AvgIpc) is 2.97. The maximum Gasteiger partial charge on any atom is 0.165 e. The first-order chi connectivity index (χ1) is 8.53. The first kappa shape index (κ1) is 13.2. The van der Waals surface area contributed by atoms with Crippen LogP contribution in [-0.2, 0) is 22.0 Å². The number of hydrogen-bond donors (Lipinski definition) is 1. The van der Waals surface area contributed by atoms with Gasteiger partial charge in [-0.25, -0.2) is 13.4 Å². The van der Waals surface area contributed by atoms with Gasteiger partial charge in [0.25, 0.3) is 0 Å². The number of nitrogens with zero attached hydrogens (tertiary/aromatic N) is 2. The predicted octanol–water partition coefficient (Wildman–Crippen LogP) is 2.10. The van der Waals surface area contributed by atoms with Gasteiger partial charge in [-0.3, -0.25) is 5.10 Å². The quantitative estimate of drug-likeness (QED) is 0.912. The van der Waals surface area contributed by atoms with E-state index in [9.17, 15) is 8.42 Å². The van der Waals surface area contributed by atoms with Crippen LogP contribution in [0.15, 0.2) is 17.5 Å². The first-order valence-electron chi connectivity index (χ1n) is 5.68. The van der Waals surface area contributed by atoms with Crippen molar-refractivity contribution in [2.45, 2.75) is 31.3 Å². The van der Waals surface area contributed by atoms with Crippen molar-refractivity contribution in [3.63, 3.8) is 0 Å². The zero-order valence-corrected chi connectivity index (χ0v) is 11.9. The number of hydrogen-bond acceptors (Lipinski definition) is 5. The molecule has 0 amide bonds. The van der Waals surface area contributed by atoms with Crippen molar-refractivity contribution in [2.24, 2.45) is 0 Å². The Balaban J connectivity index is 2.16. The minimum Gasteiger partial charge on any atom is -0.262 e. The van der Waals surface area contributed by atoms with Crippen molar-refractivity contribution in [3.8, 4) is 0 Å². The Labute approximate surface area is 110 Å². The van der Waals surface area contributed by atoms with Crippen LogP contribution >= 0.6 is 11.3 Å². The first-order valence-corrected chi connectivity index (χ1v) is 8.27. The van der Waals surface area contributed by atoms with E-state index in [1.165, 1.54) is 11.3 Å². The summed E-state index contributed by atoms with van der Waals surface area (Å²) in [5.74, 6) is 0.957. The van der Waals surface area contributed by atoms with Gasteiger partial charge in [-0.15, -0.1) is 11.3 Å². The van der Waals surface area contributed by atoms with Crippen LogP contribution in [0.4, 0.5) is 0 Å². The maximum atomic E-state index is 12.2. The molecule has 0 fully saturated rings. The number of thiophene rings is 1. The normalized spacial score (nSPS) is 13.7. The van der Waals surface area contributed by atoms with Gasteiger partial charge in [-0.05, 0) is 18.4 Å². The van der Waals surface area contributed by atoms with Gasteiger partial charge in [0.1, 0.15) is 17.4 Å². The van der Waals surface area contributed by atoms with E-state index in [0.717, 1.165) is 4.88 Å². The molecule has 1 atom stereocenters. The van der Waals surface area contributed by atoms with Crippen LogP contribution in [0, 0.1) is 0 Å². The van der Waals surface area contributed by atoms with Gasteiger partial charge in [-0.1, -0.05) is 13.0 Å². The van der Waals surface area contributed by atoms with Crippen molar-refractivity contribution < 1.29 is 8.42 Å². The lowest BCUT2D eigenvalue weighted by molar-refractivity contribution is 0.584. The van der Waals surface area contributed by atoms with E-state index in [4.69, 9.17) is 0 Å². The Kier molecular flexibility index (Phi) is 3.82. The summed E-state index contributed by atoms with van der Waals surface area (Å²) in [4.78, 5) is 4.99. The molecular formula is C11H15N3O2S2. The number of aromatic nitrogens is 3. The van der Waals surface area contributed by atoms with E-state index < -0.39 is 15.1 Å². The van der Waals surface area contributed by atoms with E-state index in [-0.39, 0.29) is 5.75 Å². The minimum absolute atomic E-state index is 0.0981. The summed E-state index contributed by atoms with van der Waals surface area (Å²) in [5.41, 5.74) is 0. The number of aromatic amines is 1. The lowest BCUT2D eigenvalue weighted by atomic mass is 10.4. The molecule has 1 N–H and O–H groups in total. The average molecular weight is 285 g/mol.